The predicted molar refractivity (Wildman–Crippen MR) is 64.4 cm³/mol. The molecule has 0 bridgehead atoms. The van der Waals surface area contributed by atoms with E-state index in [1.54, 1.807) is 19.1 Å². The second kappa shape index (κ2) is 7.23. The van der Waals surface area contributed by atoms with Gasteiger partial charge in [0, 0.05) is 0 Å². The van der Waals surface area contributed by atoms with E-state index in [1.807, 2.05) is 6.07 Å². The molecule has 1 N–H and O–H groups in total. The van der Waals surface area contributed by atoms with Crippen molar-refractivity contribution in [2.24, 2.45) is 0 Å². The Labute approximate surface area is 96.8 Å². The lowest BCUT2D eigenvalue weighted by atomic mass is 10.2. The van der Waals surface area contributed by atoms with Gasteiger partial charge in [-0.25, -0.2) is 4.39 Å². The lowest BCUT2D eigenvalue weighted by Crippen LogP contribution is -2.18. The molecule has 0 radical (unpaired) electrons. The zero-order chi connectivity index (χ0) is 11.8. The Morgan fingerprint density at radius 2 is 2.12 bits per heavy atom. The Kier molecular flexibility index (Phi) is 5.86. The van der Waals surface area contributed by atoms with Crippen LogP contribution in [0.4, 0.5) is 4.39 Å². The van der Waals surface area contributed by atoms with Crippen LogP contribution in [0.25, 0.3) is 0 Å². The number of rotatable bonds is 7. The number of nitrogens with one attached hydrogen (secondary N) is 1. The molecule has 90 valence electrons. The highest BCUT2D eigenvalue weighted by atomic mass is 19.1. The molecule has 16 heavy (non-hydrogen) atoms. The molecule has 1 rings (SSSR count). The van der Waals surface area contributed by atoms with E-state index in [1.165, 1.54) is 0 Å². The quantitative estimate of drug-likeness (QED) is 0.720. The van der Waals surface area contributed by atoms with Crippen molar-refractivity contribution in [2.45, 2.75) is 26.7 Å². The van der Waals surface area contributed by atoms with E-state index in [0.717, 1.165) is 25.9 Å². The van der Waals surface area contributed by atoms with E-state index in [4.69, 9.17) is 4.74 Å². The number of ether oxygens (including phenoxy) is 1. The van der Waals surface area contributed by atoms with Crippen LogP contribution in [0.1, 0.15) is 25.3 Å². The average Bonchev–Trinajstić information content (AvgIpc) is 2.29. The van der Waals surface area contributed by atoms with Crippen LogP contribution in [-0.2, 0) is 0 Å². The molecule has 0 spiro atoms. The molecule has 1 aromatic carbocycles. The fourth-order valence-electron chi connectivity index (χ4n) is 1.41. The van der Waals surface area contributed by atoms with Gasteiger partial charge in [-0.3, -0.25) is 0 Å². The van der Waals surface area contributed by atoms with E-state index >= 15 is 0 Å². The van der Waals surface area contributed by atoms with Crippen molar-refractivity contribution < 1.29 is 9.13 Å². The first-order valence-corrected chi connectivity index (χ1v) is 5.84. The van der Waals surface area contributed by atoms with Crippen LogP contribution in [0.5, 0.6) is 5.75 Å². The highest BCUT2D eigenvalue weighted by Gasteiger charge is 2.04. The predicted octanol–water partition coefficient (Wildman–Crippen LogP) is 2.90. The highest BCUT2D eigenvalue weighted by Crippen LogP contribution is 2.19. The van der Waals surface area contributed by atoms with Crippen LogP contribution in [0, 0.1) is 12.7 Å². The first kappa shape index (κ1) is 13.0. The van der Waals surface area contributed by atoms with Crippen LogP contribution in [0.3, 0.4) is 0 Å². The van der Waals surface area contributed by atoms with Crippen LogP contribution < -0.4 is 10.1 Å². The van der Waals surface area contributed by atoms with E-state index in [0.29, 0.717) is 17.9 Å². The topological polar surface area (TPSA) is 21.3 Å². The van der Waals surface area contributed by atoms with Crippen LogP contribution in [-0.4, -0.2) is 19.7 Å². The molecule has 0 aliphatic carbocycles. The first-order chi connectivity index (χ1) is 7.75. The molecule has 0 aromatic heterocycles. The molecule has 0 heterocycles. The summed E-state index contributed by atoms with van der Waals surface area (Å²) >= 11 is 0. The van der Waals surface area contributed by atoms with Crippen molar-refractivity contribution in [3.8, 4) is 5.75 Å². The molecule has 3 heteroatoms. The smallest absolute Gasteiger partial charge is 0.167 e. The monoisotopic (exact) mass is 225 g/mol. The van der Waals surface area contributed by atoms with Gasteiger partial charge >= 0.3 is 0 Å². The maximum absolute atomic E-state index is 13.5. The molecule has 2 nitrogen and oxygen atoms in total. The Bertz CT molecular complexity index is 315. The normalized spacial score (nSPS) is 10.4. The minimum atomic E-state index is -0.246. The number of hydrogen-bond donors (Lipinski definition) is 1. The average molecular weight is 225 g/mol. The number of benzene rings is 1. The Morgan fingerprint density at radius 3 is 2.88 bits per heavy atom. The van der Waals surface area contributed by atoms with Crippen molar-refractivity contribution in [3.63, 3.8) is 0 Å². The third-order valence-electron chi connectivity index (χ3n) is 2.34. The van der Waals surface area contributed by atoms with E-state index in [-0.39, 0.29) is 5.82 Å². The van der Waals surface area contributed by atoms with E-state index in [9.17, 15) is 4.39 Å². The molecule has 0 aliphatic heterocycles. The van der Waals surface area contributed by atoms with Gasteiger partial charge in [-0.2, -0.15) is 0 Å². The first-order valence-electron chi connectivity index (χ1n) is 5.84. The molecule has 0 saturated carbocycles. The van der Waals surface area contributed by atoms with Crippen molar-refractivity contribution in [1.82, 2.24) is 5.32 Å². The van der Waals surface area contributed by atoms with Gasteiger partial charge < -0.3 is 10.1 Å². The summed E-state index contributed by atoms with van der Waals surface area (Å²) in [6.45, 7) is 6.37. The molecule has 0 saturated heterocycles. The summed E-state index contributed by atoms with van der Waals surface area (Å²) in [5.41, 5.74) is 0.626. The summed E-state index contributed by atoms with van der Waals surface area (Å²) in [6, 6.07) is 5.22. The number of hydrogen-bond acceptors (Lipinski definition) is 2. The molecule has 0 fully saturated rings. The van der Waals surface area contributed by atoms with Gasteiger partial charge in [0.1, 0.15) is 0 Å². The molecule has 0 amide bonds. The summed E-state index contributed by atoms with van der Waals surface area (Å²) in [5, 5.41) is 3.27. The van der Waals surface area contributed by atoms with Crippen LogP contribution in [0.15, 0.2) is 18.2 Å². The fraction of sp³-hybridized carbons (Fsp3) is 0.538. The maximum Gasteiger partial charge on any atom is 0.167 e. The standard InChI is InChI=1S/C13H20FNO/c1-3-8-15-9-5-10-16-12-7-4-6-11(2)13(12)14/h4,6-7,15H,3,5,8-10H2,1-2H3. The van der Waals surface area contributed by atoms with Gasteiger partial charge in [0.05, 0.1) is 6.61 Å². The molecular weight excluding hydrogens is 205 g/mol. The zero-order valence-electron chi connectivity index (χ0n) is 10.1. The van der Waals surface area contributed by atoms with Gasteiger partial charge in [0.15, 0.2) is 11.6 Å². The molecule has 1 aromatic rings. The SMILES string of the molecule is CCCNCCCOc1cccc(C)c1F. The van der Waals surface area contributed by atoms with Crippen molar-refractivity contribution in [1.29, 1.82) is 0 Å². The third kappa shape index (κ3) is 4.19. The van der Waals surface area contributed by atoms with Crippen LogP contribution >= 0.6 is 0 Å². The van der Waals surface area contributed by atoms with Gasteiger partial charge in [-0.15, -0.1) is 0 Å². The lowest BCUT2D eigenvalue weighted by molar-refractivity contribution is 0.293. The van der Waals surface area contributed by atoms with Crippen molar-refractivity contribution >= 4 is 0 Å². The van der Waals surface area contributed by atoms with E-state index < -0.39 is 0 Å². The largest absolute Gasteiger partial charge is 0.490 e. The molecule has 0 unspecified atom stereocenters. The Balaban J connectivity index is 2.24. The number of aryl methyl sites for hydroxylation is 1. The molecule has 0 aliphatic rings. The lowest BCUT2D eigenvalue weighted by Gasteiger charge is -2.08. The van der Waals surface area contributed by atoms with Crippen LogP contribution in [0.2, 0.25) is 0 Å². The summed E-state index contributed by atoms with van der Waals surface area (Å²) in [5.74, 6) is 0.111. The summed E-state index contributed by atoms with van der Waals surface area (Å²) < 4.78 is 18.9. The second-order valence-corrected chi connectivity index (χ2v) is 3.84. The van der Waals surface area contributed by atoms with Gasteiger partial charge in [0.2, 0.25) is 0 Å². The zero-order valence-corrected chi connectivity index (χ0v) is 10.1. The minimum absolute atomic E-state index is 0.246. The number of halogens is 1. The van der Waals surface area contributed by atoms with Gasteiger partial charge in [-0.05, 0) is 44.5 Å². The summed E-state index contributed by atoms with van der Waals surface area (Å²) in [4.78, 5) is 0. The van der Waals surface area contributed by atoms with E-state index in [2.05, 4.69) is 12.2 Å². The second-order valence-electron chi connectivity index (χ2n) is 3.84. The van der Waals surface area contributed by atoms with Crippen molar-refractivity contribution in [3.05, 3.63) is 29.6 Å². The maximum atomic E-state index is 13.5. The van der Waals surface area contributed by atoms with Gasteiger partial charge in [0.25, 0.3) is 0 Å². The Hall–Kier alpha value is -1.09. The third-order valence-corrected chi connectivity index (χ3v) is 2.34. The highest BCUT2D eigenvalue weighted by molar-refractivity contribution is 5.29. The molecular formula is C13H20FNO. The van der Waals surface area contributed by atoms with Gasteiger partial charge in [-0.1, -0.05) is 19.1 Å². The summed E-state index contributed by atoms with van der Waals surface area (Å²) in [7, 11) is 0. The summed E-state index contributed by atoms with van der Waals surface area (Å²) in [6.07, 6.45) is 2.03. The minimum Gasteiger partial charge on any atom is -0.490 e. The fourth-order valence-corrected chi connectivity index (χ4v) is 1.41. The molecule has 0 atom stereocenters. The Morgan fingerprint density at radius 1 is 1.31 bits per heavy atom. The van der Waals surface area contributed by atoms with Crippen molar-refractivity contribution in [2.75, 3.05) is 19.7 Å².